The van der Waals surface area contributed by atoms with Crippen molar-refractivity contribution in [1.82, 2.24) is 25.8 Å². The maximum Gasteiger partial charge on any atom is 0.347 e. The number of amides is 2. The Morgan fingerprint density at radius 1 is 0.791 bits per heavy atom. The Labute approximate surface area is 389 Å². The van der Waals surface area contributed by atoms with E-state index in [1.165, 1.54) is 17.7 Å². The second-order valence-corrected chi connectivity index (χ2v) is 17.6. The van der Waals surface area contributed by atoms with Gasteiger partial charge in [-0.1, -0.05) is 91.0 Å². The number of rotatable bonds is 19. The molecule has 2 atom stereocenters. The second-order valence-electron chi connectivity index (χ2n) is 17.6. The number of carbonyl (C=O) groups is 3. The number of benzene rings is 5. The van der Waals surface area contributed by atoms with E-state index < -0.39 is 17.7 Å². The molecule has 0 spiro atoms. The van der Waals surface area contributed by atoms with Crippen LogP contribution in [0.1, 0.15) is 70.0 Å². The summed E-state index contributed by atoms with van der Waals surface area (Å²) in [4.78, 5) is 56.5. The minimum atomic E-state index is -2.10. The lowest BCUT2D eigenvalue weighted by Gasteiger charge is -2.36. The maximum absolute atomic E-state index is 13.8. The monoisotopic (exact) mass is 907 g/mol. The molecule has 2 heterocycles. The summed E-state index contributed by atoms with van der Waals surface area (Å²) in [6.07, 6.45) is 2.71. The molecular formula is C53H57N5O9. The van der Waals surface area contributed by atoms with Gasteiger partial charge in [0.05, 0.1) is 18.2 Å². The molecule has 7 N–H and O–H groups in total. The highest BCUT2D eigenvalue weighted by molar-refractivity contribution is 5.94. The van der Waals surface area contributed by atoms with Crippen LogP contribution < -0.4 is 26.2 Å². The van der Waals surface area contributed by atoms with E-state index in [2.05, 4.69) is 38.0 Å². The van der Waals surface area contributed by atoms with Crippen LogP contribution in [0, 0.1) is 5.92 Å². The fourth-order valence-electron chi connectivity index (χ4n) is 8.84. The number of nitrogens with zero attached hydrogens (tertiary/aromatic N) is 1. The van der Waals surface area contributed by atoms with Crippen molar-refractivity contribution < 1.29 is 39.2 Å². The molecule has 2 fully saturated rings. The van der Waals surface area contributed by atoms with Crippen LogP contribution in [0.3, 0.4) is 0 Å². The van der Waals surface area contributed by atoms with Crippen LogP contribution in [0.5, 0.6) is 11.5 Å². The SMILES string of the molecule is O=C(COc1cccc(C(O)(C(=O)OCC2CCN(Cc3ccccc3)CC2)c2ccccc2)c1)N[C@H]1C[C@H](NC(=O)c2ccc(CCNC[C@H](O)c3ccc(O)c4[nH]c(=O)ccc34)cc2)C1. The molecule has 6 aromatic rings. The molecule has 67 heavy (non-hydrogen) atoms. The highest BCUT2D eigenvalue weighted by atomic mass is 16.5. The quantitative estimate of drug-likeness (QED) is 0.0414. The number of H-pyrrole nitrogens is 1. The molecule has 8 rings (SSSR count). The number of hydrogen-bond acceptors (Lipinski definition) is 11. The lowest BCUT2D eigenvalue weighted by atomic mass is 9.86. The van der Waals surface area contributed by atoms with Crippen molar-refractivity contribution in [1.29, 1.82) is 0 Å². The van der Waals surface area contributed by atoms with Gasteiger partial charge in [0, 0.05) is 47.8 Å². The Hall–Kier alpha value is -6.84. The molecule has 1 aliphatic carbocycles. The van der Waals surface area contributed by atoms with E-state index in [1.54, 1.807) is 72.8 Å². The number of likely N-dealkylation sites (tertiary alicyclic amines) is 1. The number of aliphatic hydroxyl groups is 2. The molecule has 348 valence electrons. The van der Waals surface area contributed by atoms with E-state index in [1.807, 2.05) is 36.4 Å². The maximum atomic E-state index is 13.8. The Morgan fingerprint density at radius 2 is 1.49 bits per heavy atom. The summed E-state index contributed by atoms with van der Waals surface area (Å²) < 4.78 is 11.7. The molecular weight excluding hydrogens is 851 g/mol. The molecule has 1 unspecified atom stereocenters. The first kappa shape index (κ1) is 46.7. The van der Waals surface area contributed by atoms with E-state index in [-0.39, 0.29) is 72.0 Å². The second kappa shape index (κ2) is 21.6. The lowest BCUT2D eigenvalue weighted by Crippen LogP contribution is -2.54. The fourth-order valence-corrected chi connectivity index (χ4v) is 8.84. The summed E-state index contributed by atoms with van der Waals surface area (Å²) in [6, 6.07) is 38.7. The van der Waals surface area contributed by atoms with Gasteiger partial charge in [0.1, 0.15) is 11.5 Å². The number of hydrogen-bond donors (Lipinski definition) is 7. The van der Waals surface area contributed by atoms with Crippen LogP contribution in [0.2, 0.25) is 0 Å². The molecule has 2 aliphatic rings. The zero-order valence-corrected chi connectivity index (χ0v) is 37.2. The van der Waals surface area contributed by atoms with Gasteiger partial charge in [-0.2, -0.15) is 0 Å². The van der Waals surface area contributed by atoms with E-state index >= 15 is 0 Å². The van der Waals surface area contributed by atoms with Crippen LogP contribution in [0.15, 0.2) is 138 Å². The predicted molar refractivity (Wildman–Crippen MR) is 253 cm³/mol. The van der Waals surface area contributed by atoms with Gasteiger partial charge in [-0.25, -0.2) is 4.79 Å². The van der Waals surface area contributed by atoms with E-state index in [4.69, 9.17) is 9.47 Å². The molecule has 5 aromatic carbocycles. The number of phenolic OH excluding ortho intramolecular Hbond substituents is 1. The number of carbonyl (C=O) groups excluding carboxylic acids is 3. The number of aromatic hydroxyl groups is 1. The van der Waals surface area contributed by atoms with Gasteiger partial charge in [-0.15, -0.1) is 0 Å². The van der Waals surface area contributed by atoms with Crippen LogP contribution in [0.25, 0.3) is 10.9 Å². The van der Waals surface area contributed by atoms with Crippen molar-refractivity contribution in [3.8, 4) is 11.5 Å². The van der Waals surface area contributed by atoms with Gasteiger partial charge >= 0.3 is 5.97 Å². The molecule has 1 saturated heterocycles. The first-order valence-electron chi connectivity index (χ1n) is 22.9. The predicted octanol–water partition coefficient (Wildman–Crippen LogP) is 5.25. The molecule has 1 aliphatic heterocycles. The molecule has 14 nitrogen and oxygen atoms in total. The average Bonchev–Trinajstić information content (AvgIpc) is 3.34. The highest BCUT2D eigenvalue weighted by Crippen LogP contribution is 2.34. The Kier molecular flexibility index (Phi) is 15.1. The normalized spacial score (nSPS) is 17.7. The number of ether oxygens (including phenoxy) is 2. The number of phenols is 1. The molecule has 2 amide bonds. The van der Waals surface area contributed by atoms with Crippen LogP contribution in [0.4, 0.5) is 0 Å². The van der Waals surface area contributed by atoms with Crippen molar-refractivity contribution >= 4 is 28.7 Å². The zero-order valence-electron chi connectivity index (χ0n) is 37.2. The molecule has 1 saturated carbocycles. The van der Waals surface area contributed by atoms with E-state index in [0.29, 0.717) is 53.6 Å². The summed E-state index contributed by atoms with van der Waals surface area (Å²) in [5, 5.41) is 42.9. The van der Waals surface area contributed by atoms with Gasteiger partial charge in [0.25, 0.3) is 11.8 Å². The number of nitrogens with one attached hydrogen (secondary N) is 4. The third-order valence-corrected chi connectivity index (χ3v) is 12.8. The van der Waals surface area contributed by atoms with Gasteiger partial charge < -0.3 is 45.7 Å². The van der Waals surface area contributed by atoms with Gasteiger partial charge in [0.2, 0.25) is 11.2 Å². The van der Waals surface area contributed by atoms with Gasteiger partial charge in [-0.05, 0) is 116 Å². The molecule has 14 heteroatoms. The first-order chi connectivity index (χ1) is 32.5. The van der Waals surface area contributed by atoms with E-state index in [0.717, 1.165) is 38.0 Å². The smallest absolute Gasteiger partial charge is 0.347 e. The van der Waals surface area contributed by atoms with E-state index in [9.17, 15) is 34.5 Å². The number of fused-ring (bicyclic) bond motifs is 1. The Morgan fingerprint density at radius 3 is 2.24 bits per heavy atom. The first-order valence-corrected chi connectivity index (χ1v) is 22.9. The number of aromatic amines is 1. The summed E-state index contributed by atoms with van der Waals surface area (Å²) in [5.41, 5.74) is 1.86. The molecule has 0 radical (unpaired) electrons. The number of aromatic nitrogens is 1. The van der Waals surface area contributed by atoms with Gasteiger partial charge in [0.15, 0.2) is 6.61 Å². The van der Waals surface area contributed by atoms with Crippen molar-refractivity contribution in [3.63, 3.8) is 0 Å². The fraction of sp³-hybridized carbons (Fsp3) is 0.321. The van der Waals surface area contributed by atoms with Gasteiger partial charge in [-0.3, -0.25) is 19.3 Å². The molecule has 1 aromatic heterocycles. The summed E-state index contributed by atoms with van der Waals surface area (Å²) in [6.45, 7) is 3.44. The van der Waals surface area contributed by atoms with Crippen molar-refractivity contribution in [3.05, 3.63) is 177 Å². The minimum Gasteiger partial charge on any atom is -0.506 e. The average molecular weight is 908 g/mol. The standard InChI is InChI=1S/C53H57N5O9/c59-46-20-18-44(45-19-21-48(61)57-50(45)46)47(60)31-54-25-22-35-14-16-38(17-15-35)51(63)56-42-29-41(30-42)55-49(62)34-66-43-13-7-12-40(28-43)53(65,39-10-5-2-6-11-39)52(64)67-33-37-23-26-58(27-24-37)32-36-8-3-1-4-9-36/h1-21,28,37,41-42,47,54,59-60,65H,22-27,29-34H2,(H,55,62)(H,56,63)(H,57,61)/t41-,42-,47-,53?/m0/s1. The summed E-state index contributed by atoms with van der Waals surface area (Å²) in [5.74, 6) is -0.886. The zero-order chi connectivity index (χ0) is 46.8. The highest BCUT2D eigenvalue weighted by Gasteiger charge is 2.42. The third-order valence-electron chi connectivity index (χ3n) is 12.8. The largest absolute Gasteiger partial charge is 0.506 e. The summed E-state index contributed by atoms with van der Waals surface area (Å²) >= 11 is 0. The minimum absolute atomic E-state index is 0.0626. The van der Waals surface area contributed by atoms with Crippen LogP contribution >= 0.6 is 0 Å². The topological polar surface area (TPSA) is 203 Å². The number of esters is 1. The van der Waals surface area contributed by atoms with Crippen LogP contribution in [-0.4, -0.2) is 94.5 Å². The Bertz CT molecular complexity index is 2680. The number of piperidine rings is 1. The number of aliphatic hydroxyl groups excluding tert-OH is 1. The molecule has 0 bridgehead atoms. The number of pyridine rings is 1. The Balaban J connectivity index is 0.751. The van der Waals surface area contributed by atoms with Crippen LogP contribution in [-0.2, 0) is 32.9 Å². The lowest BCUT2D eigenvalue weighted by molar-refractivity contribution is -0.164. The summed E-state index contributed by atoms with van der Waals surface area (Å²) in [7, 11) is 0. The van der Waals surface area contributed by atoms with Crippen molar-refractivity contribution in [2.45, 2.75) is 62.4 Å². The van der Waals surface area contributed by atoms with Crippen molar-refractivity contribution in [2.75, 3.05) is 39.4 Å². The third kappa shape index (κ3) is 11.8. The van der Waals surface area contributed by atoms with Crippen molar-refractivity contribution in [2.24, 2.45) is 5.92 Å².